The molecule has 3 rings (SSSR count). The van der Waals surface area contributed by atoms with Crippen LogP contribution in [0.15, 0.2) is 24.3 Å². The van der Waals surface area contributed by atoms with E-state index in [1.165, 1.54) is 0 Å². The van der Waals surface area contributed by atoms with Crippen molar-refractivity contribution in [3.8, 4) is 5.75 Å². The summed E-state index contributed by atoms with van der Waals surface area (Å²) < 4.78 is 0. The van der Waals surface area contributed by atoms with E-state index in [0.717, 1.165) is 12.0 Å². The zero-order valence-corrected chi connectivity index (χ0v) is 9.81. The van der Waals surface area contributed by atoms with Gasteiger partial charge in [0.2, 0.25) is 5.91 Å². The molecule has 1 amide bonds. The lowest BCUT2D eigenvalue weighted by Crippen LogP contribution is -2.91. The molecular formula is C13H17N2O2+. The Kier molecular flexibility index (Phi) is 2.16. The zero-order valence-electron chi connectivity index (χ0n) is 9.81. The van der Waals surface area contributed by atoms with Crippen molar-refractivity contribution in [1.29, 1.82) is 0 Å². The van der Waals surface area contributed by atoms with E-state index in [0.29, 0.717) is 12.2 Å². The molecule has 0 aliphatic carbocycles. The number of aromatic hydroxyl groups is 1. The number of benzene rings is 1. The summed E-state index contributed by atoms with van der Waals surface area (Å²) in [5.74, 6) is 0.494. The van der Waals surface area contributed by atoms with Crippen molar-refractivity contribution in [1.82, 2.24) is 5.32 Å². The average molecular weight is 233 g/mol. The molecule has 0 bridgehead atoms. The molecule has 0 spiro atoms. The fourth-order valence-corrected chi connectivity index (χ4v) is 3.17. The van der Waals surface area contributed by atoms with Crippen LogP contribution in [0.2, 0.25) is 0 Å². The molecule has 90 valence electrons. The highest BCUT2D eigenvalue weighted by Gasteiger charge is 2.54. The van der Waals surface area contributed by atoms with Gasteiger partial charge in [-0.25, -0.2) is 0 Å². The van der Waals surface area contributed by atoms with Gasteiger partial charge in [0.1, 0.15) is 11.8 Å². The molecule has 0 unspecified atom stereocenters. The average Bonchev–Trinajstić information content (AvgIpc) is 2.68. The summed E-state index contributed by atoms with van der Waals surface area (Å²) in [4.78, 5) is 11.4. The van der Waals surface area contributed by atoms with E-state index in [4.69, 9.17) is 0 Å². The molecule has 4 N–H and O–H groups in total. The normalized spacial score (nSPS) is 35.7. The molecular weight excluding hydrogens is 216 g/mol. The molecule has 2 fully saturated rings. The van der Waals surface area contributed by atoms with Gasteiger partial charge >= 0.3 is 0 Å². The quantitative estimate of drug-likeness (QED) is 0.651. The number of carbonyl (C=O) groups is 1. The van der Waals surface area contributed by atoms with Gasteiger partial charge in [0.25, 0.3) is 0 Å². The van der Waals surface area contributed by atoms with E-state index in [1.807, 2.05) is 18.2 Å². The summed E-state index contributed by atoms with van der Waals surface area (Å²) in [6, 6.07) is 7.70. The highest BCUT2D eigenvalue weighted by atomic mass is 16.3. The Morgan fingerprint density at radius 2 is 2.24 bits per heavy atom. The molecule has 0 saturated carbocycles. The molecule has 17 heavy (non-hydrogen) atoms. The fourth-order valence-electron chi connectivity index (χ4n) is 3.17. The van der Waals surface area contributed by atoms with Crippen LogP contribution in [0.3, 0.4) is 0 Å². The van der Waals surface area contributed by atoms with Gasteiger partial charge in [0.05, 0.1) is 11.0 Å². The molecule has 3 atom stereocenters. The number of carbonyl (C=O) groups excluding carboxylic acids is 1. The number of quaternary nitrogens is 1. The maximum absolute atomic E-state index is 11.4. The monoisotopic (exact) mass is 233 g/mol. The summed E-state index contributed by atoms with van der Waals surface area (Å²) in [6.07, 6.45) is 1.67. The number of rotatable bonds is 1. The maximum atomic E-state index is 11.4. The Balaban J connectivity index is 1.87. The third-order valence-electron chi connectivity index (χ3n) is 4.08. The smallest absolute Gasteiger partial charge is 0.225 e. The van der Waals surface area contributed by atoms with Gasteiger partial charge in [-0.15, -0.1) is 0 Å². The van der Waals surface area contributed by atoms with Crippen LogP contribution in [0.25, 0.3) is 0 Å². The summed E-state index contributed by atoms with van der Waals surface area (Å²) in [7, 11) is 0. The Bertz CT molecular complexity index is 474. The van der Waals surface area contributed by atoms with Crippen molar-refractivity contribution in [3.63, 3.8) is 0 Å². The van der Waals surface area contributed by atoms with Crippen LogP contribution < -0.4 is 10.6 Å². The van der Waals surface area contributed by atoms with Gasteiger partial charge in [-0.1, -0.05) is 19.1 Å². The maximum Gasteiger partial charge on any atom is 0.225 e. The first kappa shape index (κ1) is 10.6. The van der Waals surface area contributed by atoms with Crippen LogP contribution in [-0.4, -0.2) is 17.2 Å². The topological polar surface area (TPSA) is 65.9 Å². The first-order chi connectivity index (χ1) is 8.08. The lowest BCUT2D eigenvalue weighted by atomic mass is 9.83. The van der Waals surface area contributed by atoms with E-state index < -0.39 is 0 Å². The number of para-hydroxylation sites is 1. The number of nitrogens with one attached hydrogen (secondary N) is 1. The van der Waals surface area contributed by atoms with Gasteiger partial charge in [-0.05, 0) is 12.1 Å². The van der Waals surface area contributed by atoms with Crippen LogP contribution >= 0.6 is 0 Å². The predicted octanol–water partition coefficient (Wildman–Crippen LogP) is 0.253. The largest absolute Gasteiger partial charge is 0.507 e. The second-order valence-corrected chi connectivity index (χ2v) is 5.44. The first-order valence-corrected chi connectivity index (χ1v) is 6.01. The number of hydrogen-bond donors (Lipinski definition) is 3. The molecule has 2 saturated heterocycles. The number of amides is 1. The van der Waals surface area contributed by atoms with Crippen molar-refractivity contribution in [2.45, 2.75) is 32.0 Å². The molecule has 4 nitrogen and oxygen atoms in total. The van der Waals surface area contributed by atoms with Gasteiger partial charge in [0.15, 0.2) is 6.17 Å². The van der Waals surface area contributed by atoms with Crippen molar-refractivity contribution < 1.29 is 15.2 Å². The second kappa shape index (κ2) is 3.47. The first-order valence-electron chi connectivity index (χ1n) is 6.01. The van der Waals surface area contributed by atoms with Crippen LogP contribution in [-0.2, 0) is 4.79 Å². The number of nitrogens with two attached hydrogens (primary N) is 1. The fraction of sp³-hybridized carbons (Fsp3) is 0.462. The van der Waals surface area contributed by atoms with E-state index in [-0.39, 0.29) is 23.5 Å². The van der Waals surface area contributed by atoms with Crippen molar-refractivity contribution in [2.75, 3.05) is 0 Å². The minimum atomic E-state index is 0.0179. The van der Waals surface area contributed by atoms with Crippen molar-refractivity contribution in [3.05, 3.63) is 29.8 Å². The minimum absolute atomic E-state index is 0.0179. The summed E-state index contributed by atoms with van der Waals surface area (Å²) in [5, 5.41) is 15.0. The molecule has 1 aromatic carbocycles. The number of hydrogen-bond acceptors (Lipinski definition) is 2. The Morgan fingerprint density at radius 1 is 1.47 bits per heavy atom. The molecule has 2 aliphatic rings. The number of phenols is 1. The molecule has 0 radical (unpaired) electrons. The van der Waals surface area contributed by atoms with Gasteiger partial charge < -0.3 is 15.7 Å². The third-order valence-corrected chi connectivity index (χ3v) is 4.08. The van der Waals surface area contributed by atoms with Crippen LogP contribution in [0.4, 0.5) is 0 Å². The standard InChI is InChI=1S/C13H16N2O2/c1-13-6-9(8-4-2-3-5-10(8)16)14-12(13)15-11(17)7-13/h2-5,9,12,14,16H,6-7H2,1H3,(H,15,17)/p+1/t9-,12-,13-/m1/s1. The van der Waals surface area contributed by atoms with Crippen LogP contribution in [0.5, 0.6) is 5.75 Å². The molecule has 2 aliphatic heterocycles. The molecule has 1 aromatic rings. The SMILES string of the molecule is C[C@@]12CC(=O)N[C@H]1[NH2+][C@@H](c1ccccc1O)C2. The molecule has 4 heteroatoms. The summed E-state index contributed by atoms with van der Waals surface area (Å²) in [6.45, 7) is 2.14. The van der Waals surface area contributed by atoms with E-state index in [2.05, 4.69) is 17.6 Å². The Labute approximate surface area is 100 Å². The second-order valence-electron chi connectivity index (χ2n) is 5.44. The Hall–Kier alpha value is -1.55. The number of fused-ring (bicyclic) bond motifs is 1. The lowest BCUT2D eigenvalue weighted by Gasteiger charge is -2.15. The van der Waals surface area contributed by atoms with Crippen LogP contribution in [0, 0.1) is 5.41 Å². The zero-order chi connectivity index (χ0) is 12.0. The minimum Gasteiger partial charge on any atom is -0.507 e. The lowest BCUT2D eigenvalue weighted by molar-refractivity contribution is -0.714. The third kappa shape index (κ3) is 1.60. The highest BCUT2D eigenvalue weighted by molar-refractivity contribution is 5.79. The van der Waals surface area contributed by atoms with Crippen LogP contribution in [0.1, 0.15) is 31.4 Å². The van der Waals surface area contributed by atoms with Crippen molar-refractivity contribution >= 4 is 5.91 Å². The van der Waals surface area contributed by atoms with Crippen molar-refractivity contribution in [2.24, 2.45) is 5.41 Å². The predicted molar refractivity (Wildman–Crippen MR) is 62.0 cm³/mol. The molecule has 2 heterocycles. The highest BCUT2D eigenvalue weighted by Crippen LogP contribution is 2.42. The molecule has 0 aromatic heterocycles. The van der Waals surface area contributed by atoms with E-state index >= 15 is 0 Å². The van der Waals surface area contributed by atoms with E-state index in [1.54, 1.807) is 6.07 Å². The van der Waals surface area contributed by atoms with Gasteiger partial charge in [-0.3, -0.25) is 4.79 Å². The van der Waals surface area contributed by atoms with Gasteiger partial charge in [0, 0.05) is 12.8 Å². The number of phenolic OH excluding ortho intramolecular Hbond substituents is 1. The summed E-state index contributed by atoms with van der Waals surface area (Å²) in [5.41, 5.74) is 0.988. The van der Waals surface area contributed by atoms with Gasteiger partial charge in [-0.2, -0.15) is 0 Å². The van der Waals surface area contributed by atoms with E-state index in [9.17, 15) is 9.90 Å². The Morgan fingerprint density at radius 3 is 2.94 bits per heavy atom. The summed E-state index contributed by atoms with van der Waals surface area (Å²) >= 11 is 0.